The lowest BCUT2D eigenvalue weighted by Gasteiger charge is -2.24. The highest BCUT2D eigenvalue weighted by Crippen LogP contribution is 2.12. The van der Waals surface area contributed by atoms with E-state index in [1.807, 2.05) is 6.20 Å². The molecule has 120 valence electrons. The van der Waals surface area contributed by atoms with Crippen LogP contribution < -0.4 is 5.32 Å². The number of nitrogens with zero attached hydrogens (tertiary/aromatic N) is 2. The third-order valence-electron chi connectivity index (χ3n) is 3.63. The molecule has 1 aromatic rings. The fourth-order valence-electron chi connectivity index (χ4n) is 2.21. The van der Waals surface area contributed by atoms with Crippen molar-refractivity contribution in [1.29, 1.82) is 0 Å². The molecule has 0 aliphatic carbocycles. The Bertz CT molecular complexity index is 359. The highest BCUT2D eigenvalue weighted by atomic mass is 15.1. The van der Waals surface area contributed by atoms with Crippen LogP contribution in [0.2, 0.25) is 0 Å². The van der Waals surface area contributed by atoms with Gasteiger partial charge in [-0.2, -0.15) is 0 Å². The smallest absolute Gasteiger partial charge is 0.125 e. The summed E-state index contributed by atoms with van der Waals surface area (Å²) in [5, 5.41) is 3.24. The van der Waals surface area contributed by atoms with Crippen LogP contribution in [0.1, 0.15) is 53.0 Å². The molecular weight excluding hydrogens is 258 g/mol. The summed E-state index contributed by atoms with van der Waals surface area (Å²) >= 11 is 0. The summed E-state index contributed by atoms with van der Waals surface area (Å²) in [6.07, 6.45) is 4.54. The topological polar surface area (TPSA) is 28.2 Å². The predicted octanol–water partition coefficient (Wildman–Crippen LogP) is 4.41. The molecule has 21 heavy (non-hydrogen) atoms. The van der Waals surface area contributed by atoms with Crippen LogP contribution >= 0.6 is 0 Å². The predicted molar refractivity (Wildman–Crippen MR) is 92.6 cm³/mol. The molecule has 0 radical (unpaired) electrons. The van der Waals surface area contributed by atoms with Crippen LogP contribution in [0.15, 0.2) is 18.3 Å². The van der Waals surface area contributed by atoms with Gasteiger partial charge in [0, 0.05) is 19.3 Å². The molecular formula is C18H33N3. The maximum Gasteiger partial charge on any atom is 0.125 e. The van der Waals surface area contributed by atoms with Gasteiger partial charge >= 0.3 is 0 Å². The molecule has 0 amide bonds. The average Bonchev–Trinajstić information content (AvgIpc) is 2.44. The Morgan fingerprint density at radius 3 is 2.10 bits per heavy atom. The molecule has 0 atom stereocenters. The van der Waals surface area contributed by atoms with E-state index in [1.54, 1.807) is 0 Å². The van der Waals surface area contributed by atoms with E-state index in [2.05, 4.69) is 62.0 Å². The van der Waals surface area contributed by atoms with E-state index in [0.29, 0.717) is 0 Å². The van der Waals surface area contributed by atoms with Gasteiger partial charge in [-0.3, -0.25) is 4.90 Å². The van der Waals surface area contributed by atoms with Crippen LogP contribution in [0.5, 0.6) is 0 Å². The first kappa shape index (κ1) is 18.0. The minimum Gasteiger partial charge on any atom is -0.370 e. The normalized spacial score (nSPS) is 11.6. The van der Waals surface area contributed by atoms with Gasteiger partial charge in [-0.15, -0.1) is 0 Å². The first-order valence-electron chi connectivity index (χ1n) is 8.42. The van der Waals surface area contributed by atoms with Crippen molar-refractivity contribution >= 4 is 5.82 Å². The van der Waals surface area contributed by atoms with Crippen molar-refractivity contribution in [3.8, 4) is 0 Å². The molecule has 0 aliphatic heterocycles. The summed E-state index contributed by atoms with van der Waals surface area (Å²) in [6.45, 7) is 15.6. The minimum absolute atomic E-state index is 0.765. The van der Waals surface area contributed by atoms with Crippen molar-refractivity contribution in [3.05, 3.63) is 23.9 Å². The summed E-state index contributed by atoms with van der Waals surface area (Å²) in [5.41, 5.74) is 1.31. The first-order valence-corrected chi connectivity index (χ1v) is 8.42. The second-order valence-corrected chi connectivity index (χ2v) is 6.72. The maximum absolute atomic E-state index is 4.47. The molecule has 0 fully saturated rings. The summed E-state index contributed by atoms with van der Waals surface area (Å²) < 4.78 is 0. The summed E-state index contributed by atoms with van der Waals surface area (Å²) in [6, 6.07) is 4.28. The molecule has 0 aromatic carbocycles. The van der Waals surface area contributed by atoms with Crippen molar-refractivity contribution in [2.75, 3.05) is 25.0 Å². The fourth-order valence-corrected chi connectivity index (χ4v) is 2.21. The van der Waals surface area contributed by atoms with E-state index in [9.17, 15) is 0 Å². The second kappa shape index (κ2) is 9.78. The largest absolute Gasteiger partial charge is 0.370 e. The monoisotopic (exact) mass is 291 g/mol. The van der Waals surface area contributed by atoms with Crippen molar-refractivity contribution < 1.29 is 0 Å². The Morgan fingerprint density at radius 2 is 1.67 bits per heavy atom. The maximum atomic E-state index is 4.47. The molecule has 3 heteroatoms. The highest BCUT2D eigenvalue weighted by molar-refractivity contribution is 5.35. The van der Waals surface area contributed by atoms with Gasteiger partial charge in [-0.05, 0) is 56.3 Å². The minimum atomic E-state index is 0.765. The number of pyridine rings is 1. The zero-order valence-corrected chi connectivity index (χ0v) is 14.5. The number of aromatic nitrogens is 1. The van der Waals surface area contributed by atoms with Gasteiger partial charge in [0.15, 0.2) is 0 Å². The Morgan fingerprint density at radius 1 is 1.05 bits per heavy atom. The lowest BCUT2D eigenvalue weighted by molar-refractivity contribution is 0.235. The number of hydrogen-bond acceptors (Lipinski definition) is 3. The van der Waals surface area contributed by atoms with E-state index >= 15 is 0 Å². The quantitative estimate of drug-likeness (QED) is 0.692. The first-order chi connectivity index (χ1) is 10.0. The van der Waals surface area contributed by atoms with Gasteiger partial charge in [0.25, 0.3) is 0 Å². The van der Waals surface area contributed by atoms with E-state index in [1.165, 1.54) is 31.5 Å². The van der Waals surface area contributed by atoms with Crippen LogP contribution in [0.4, 0.5) is 5.82 Å². The molecule has 1 N–H and O–H groups in total. The Hall–Kier alpha value is -1.09. The van der Waals surface area contributed by atoms with Crippen molar-refractivity contribution in [3.63, 3.8) is 0 Å². The number of hydrogen-bond donors (Lipinski definition) is 1. The third-order valence-corrected chi connectivity index (χ3v) is 3.63. The van der Waals surface area contributed by atoms with E-state index in [0.717, 1.165) is 30.7 Å². The zero-order valence-electron chi connectivity index (χ0n) is 14.5. The van der Waals surface area contributed by atoms with E-state index in [4.69, 9.17) is 0 Å². The van der Waals surface area contributed by atoms with Crippen molar-refractivity contribution in [2.24, 2.45) is 11.8 Å². The van der Waals surface area contributed by atoms with Crippen LogP contribution in [0.3, 0.4) is 0 Å². The third kappa shape index (κ3) is 8.05. The summed E-state index contributed by atoms with van der Waals surface area (Å²) in [5.74, 6) is 2.50. The van der Waals surface area contributed by atoms with Crippen LogP contribution in [0.25, 0.3) is 0 Å². The second-order valence-electron chi connectivity index (χ2n) is 6.72. The number of nitrogens with one attached hydrogen (secondary N) is 1. The SMILES string of the molecule is CCNc1ccc(CN(CCC(C)C)CCC(C)C)cn1. The molecule has 0 aliphatic rings. The Kier molecular flexibility index (Phi) is 8.36. The highest BCUT2D eigenvalue weighted by Gasteiger charge is 2.08. The van der Waals surface area contributed by atoms with Crippen LogP contribution in [-0.4, -0.2) is 29.5 Å². The average molecular weight is 291 g/mol. The standard InChI is InChI=1S/C18H33N3/c1-6-19-18-8-7-17(13-20-18)14-21(11-9-15(2)3)12-10-16(4)5/h7-8,13,15-16H,6,9-12,14H2,1-5H3,(H,19,20). The molecule has 0 spiro atoms. The lowest BCUT2D eigenvalue weighted by Crippen LogP contribution is -2.27. The number of rotatable bonds is 10. The molecule has 1 rings (SSSR count). The van der Waals surface area contributed by atoms with Crippen molar-refractivity contribution in [2.45, 2.75) is 54.0 Å². The number of anilines is 1. The zero-order chi connectivity index (χ0) is 15.7. The van der Waals surface area contributed by atoms with Crippen LogP contribution in [0, 0.1) is 11.8 Å². The Labute approximate surface area is 131 Å². The van der Waals surface area contributed by atoms with Gasteiger partial charge in [-0.25, -0.2) is 4.98 Å². The summed E-state index contributed by atoms with van der Waals surface area (Å²) in [7, 11) is 0. The van der Waals surface area contributed by atoms with E-state index in [-0.39, 0.29) is 0 Å². The van der Waals surface area contributed by atoms with Crippen LogP contribution in [-0.2, 0) is 6.54 Å². The fraction of sp³-hybridized carbons (Fsp3) is 0.722. The molecule has 1 aromatic heterocycles. The summed E-state index contributed by atoms with van der Waals surface area (Å²) in [4.78, 5) is 7.05. The molecule has 1 heterocycles. The van der Waals surface area contributed by atoms with Gasteiger partial charge in [-0.1, -0.05) is 33.8 Å². The molecule has 3 nitrogen and oxygen atoms in total. The Balaban J connectivity index is 2.56. The van der Waals surface area contributed by atoms with Crippen molar-refractivity contribution in [1.82, 2.24) is 9.88 Å². The van der Waals surface area contributed by atoms with E-state index < -0.39 is 0 Å². The van der Waals surface area contributed by atoms with Gasteiger partial charge in [0.1, 0.15) is 5.82 Å². The molecule has 0 bridgehead atoms. The molecule has 0 saturated heterocycles. The molecule has 0 saturated carbocycles. The lowest BCUT2D eigenvalue weighted by atomic mass is 10.1. The van der Waals surface area contributed by atoms with Gasteiger partial charge < -0.3 is 5.32 Å². The molecule has 0 unspecified atom stereocenters. The van der Waals surface area contributed by atoms with Gasteiger partial charge in [0.2, 0.25) is 0 Å². The van der Waals surface area contributed by atoms with Gasteiger partial charge in [0.05, 0.1) is 0 Å².